The quantitative estimate of drug-likeness (QED) is 0.923. The SMILES string of the molecule is CN(C[C@H](O)c1ccccc1Cl)[C@@H]1CCc2ccccc21. The van der Waals surface area contributed by atoms with Crippen molar-refractivity contribution < 1.29 is 5.11 Å². The van der Waals surface area contributed by atoms with Gasteiger partial charge in [0.1, 0.15) is 0 Å². The average molecular weight is 302 g/mol. The molecule has 0 aromatic heterocycles. The first kappa shape index (κ1) is 14.6. The summed E-state index contributed by atoms with van der Waals surface area (Å²) in [6.07, 6.45) is 1.68. The van der Waals surface area contributed by atoms with Gasteiger partial charge in [-0.25, -0.2) is 0 Å². The Labute approximate surface area is 131 Å². The standard InChI is InChI=1S/C18H20ClNO/c1-20(12-18(21)15-8-4-5-9-16(15)19)17-11-10-13-6-2-3-7-14(13)17/h2-9,17-18,21H,10-12H2,1H3/t17-,18+/m1/s1. The number of rotatable bonds is 4. The number of hydrogen-bond donors (Lipinski definition) is 1. The molecule has 0 bridgehead atoms. The largest absolute Gasteiger partial charge is 0.387 e. The predicted octanol–water partition coefficient (Wildman–Crippen LogP) is 3.99. The maximum Gasteiger partial charge on any atom is 0.0931 e. The number of halogens is 1. The van der Waals surface area contributed by atoms with E-state index in [0.29, 0.717) is 17.6 Å². The average Bonchev–Trinajstić information content (AvgIpc) is 2.91. The summed E-state index contributed by atoms with van der Waals surface area (Å²) in [6.45, 7) is 0.586. The molecule has 0 radical (unpaired) electrons. The van der Waals surface area contributed by atoms with Crippen LogP contribution >= 0.6 is 11.6 Å². The zero-order valence-electron chi connectivity index (χ0n) is 12.2. The Bertz CT molecular complexity index is 628. The second kappa shape index (κ2) is 6.18. The second-order valence-electron chi connectivity index (χ2n) is 5.73. The van der Waals surface area contributed by atoms with Crippen LogP contribution < -0.4 is 0 Å². The van der Waals surface area contributed by atoms with E-state index in [2.05, 4.69) is 36.2 Å². The third kappa shape index (κ3) is 2.98. The topological polar surface area (TPSA) is 23.5 Å². The normalized spacial score (nSPS) is 18.8. The van der Waals surface area contributed by atoms with Gasteiger partial charge in [0.25, 0.3) is 0 Å². The highest BCUT2D eigenvalue weighted by molar-refractivity contribution is 6.31. The molecule has 1 N–H and O–H groups in total. The van der Waals surface area contributed by atoms with Gasteiger partial charge >= 0.3 is 0 Å². The monoisotopic (exact) mass is 301 g/mol. The van der Waals surface area contributed by atoms with Crippen LogP contribution in [0.2, 0.25) is 5.02 Å². The third-order valence-corrected chi connectivity index (χ3v) is 4.70. The summed E-state index contributed by atoms with van der Waals surface area (Å²) in [4.78, 5) is 2.24. The number of benzene rings is 2. The summed E-state index contributed by atoms with van der Waals surface area (Å²) in [6, 6.07) is 16.5. The van der Waals surface area contributed by atoms with Crippen LogP contribution in [-0.2, 0) is 6.42 Å². The van der Waals surface area contributed by atoms with Crippen molar-refractivity contribution in [1.82, 2.24) is 4.90 Å². The molecule has 0 spiro atoms. The van der Waals surface area contributed by atoms with E-state index >= 15 is 0 Å². The Morgan fingerprint density at radius 3 is 2.71 bits per heavy atom. The molecule has 0 saturated heterocycles. The molecular formula is C18H20ClNO. The molecule has 0 amide bonds. The van der Waals surface area contributed by atoms with Gasteiger partial charge < -0.3 is 5.11 Å². The van der Waals surface area contributed by atoms with E-state index in [1.54, 1.807) is 0 Å². The Kier molecular flexibility index (Phi) is 4.29. The highest BCUT2D eigenvalue weighted by Gasteiger charge is 2.27. The van der Waals surface area contributed by atoms with Crippen molar-refractivity contribution in [2.75, 3.05) is 13.6 Å². The first-order valence-corrected chi connectivity index (χ1v) is 7.75. The summed E-state index contributed by atoms with van der Waals surface area (Å²) in [5.41, 5.74) is 3.63. The van der Waals surface area contributed by atoms with Crippen LogP contribution in [0.15, 0.2) is 48.5 Å². The second-order valence-corrected chi connectivity index (χ2v) is 6.14. The molecular weight excluding hydrogens is 282 g/mol. The summed E-state index contributed by atoms with van der Waals surface area (Å²) in [5.74, 6) is 0. The van der Waals surface area contributed by atoms with Gasteiger partial charge in [-0.1, -0.05) is 54.1 Å². The molecule has 3 rings (SSSR count). The van der Waals surface area contributed by atoms with E-state index in [4.69, 9.17) is 11.6 Å². The molecule has 0 unspecified atom stereocenters. The smallest absolute Gasteiger partial charge is 0.0931 e. The zero-order valence-corrected chi connectivity index (χ0v) is 12.9. The van der Waals surface area contributed by atoms with Gasteiger partial charge in [0.2, 0.25) is 0 Å². The zero-order chi connectivity index (χ0) is 14.8. The summed E-state index contributed by atoms with van der Waals surface area (Å²) < 4.78 is 0. The van der Waals surface area contributed by atoms with Crippen LogP contribution in [0.3, 0.4) is 0 Å². The summed E-state index contributed by atoms with van der Waals surface area (Å²) in [5, 5.41) is 11.1. The number of aryl methyl sites for hydroxylation is 1. The first-order chi connectivity index (χ1) is 10.2. The third-order valence-electron chi connectivity index (χ3n) is 4.36. The van der Waals surface area contributed by atoms with E-state index < -0.39 is 6.10 Å². The van der Waals surface area contributed by atoms with E-state index in [0.717, 1.165) is 18.4 Å². The number of aliphatic hydroxyl groups excluding tert-OH is 1. The molecule has 0 aliphatic heterocycles. The van der Waals surface area contributed by atoms with Crippen molar-refractivity contribution in [1.29, 1.82) is 0 Å². The van der Waals surface area contributed by atoms with Gasteiger partial charge in [0.15, 0.2) is 0 Å². The van der Waals surface area contributed by atoms with Gasteiger partial charge in [-0.05, 0) is 37.1 Å². The van der Waals surface area contributed by atoms with Crippen LogP contribution in [-0.4, -0.2) is 23.6 Å². The number of likely N-dealkylation sites (N-methyl/N-ethyl adjacent to an activating group) is 1. The maximum absolute atomic E-state index is 10.5. The number of aliphatic hydroxyl groups is 1. The van der Waals surface area contributed by atoms with Gasteiger partial charge in [0.05, 0.1) is 6.10 Å². The number of fused-ring (bicyclic) bond motifs is 1. The predicted molar refractivity (Wildman–Crippen MR) is 86.5 cm³/mol. The lowest BCUT2D eigenvalue weighted by molar-refractivity contribution is 0.104. The van der Waals surface area contributed by atoms with Gasteiger partial charge in [-0.3, -0.25) is 4.90 Å². The van der Waals surface area contributed by atoms with Crippen LogP contribution in [0.5, 0.6) is 0 Å². The van der Waals surface area contributed by atoms with E-state index in [1.165, 1.54) is 11.1 Å². The highest BCUT2D eigenvalue weighted by Crippen LogP contribution is 2.36. The van der Waals surface area contributed by atoms with Crippen LogP contribution in [0.1, 0.15) is 35.3 Å². The lowest BCUT2D eigenvalue weighted by Crippen LogP contribution is -2.28. The maximum atomic E-state index is 10.5. The van der Waals surface area contributed by atoms with Crippen LogP contribution in [0.25, 0.3) is 0 Å². The number of nitrogens with zero attached hydrogens (tertiary/aromatic N) is 1. The molecule has 3 heteroatoms. The molecule has 2 aromatic rings. The molecule has 0 saturated carbocycles. The van der Waals surface area contributed by atoms with Crippen molar-refractivity contribution >= 4 is 11.6 Å². The highest BCUT2D eigenvalue weighted by atomic mass is 35.5. The molecule has 110 valence electrons. The van der Waals surface area contributed by atoms with Crippen LogP contribution in [0, 0.1) is 0 Å². The molecule has 2 nitrogen and oxygen atoms in total. The Morgan fingerprint density at radius 2 is 1.90 bits per heavy atom. The van der Waals surface area contributed by atoms with Crippen molar-refractivity contribution in [3.05, 3.63) is 70.2 Å². The molecule has 0 heterocycles. The molecule has 21 heavy (non-hydrogen) atoms. The molecule has 0 fully saturated rings. The Morgan fingerprint density at radius 1 is 1.19 bits per heavy atom. The van der Waals surface area contributed by atoms with Gasteiger partial charge in [0, 0.05) is 23.2 Å². The molecule has 1 aliphatic rings. The lowest BCUT2D eigenvalue weighted by Gasteiger charge is -2.28. The minimum Gasteiger partial charge on any atom is -0.387 e. The van der Waals surface area contributed by atoms with Crippen molar-refractivity contribution in [2.45, 2.75) is 25.0 Å². The number of hydrogen-bond acceptors (Lipinski definition) is 2. The minimum absolute atomic E-state index is 0.387. The Hall–Kier alpha value is -1.35. The fourth-order valence-corrected chi connectivity index (χ4v) is 3.50. The lowest BCUT2D eigenvalue weighted by atomic mass is 10.1. The van der Waals surface area contributed by atoms with E-state index in [1.807, 2.05) is 24.3 Å². The van der Waals surface area contributed by atoms with Gasteiger partial charge in [-0.15, -0.1) is 0 Å². The van der Waals surface area contributed by atoms with Crippen molar-refractivity contribution in [3.8, 4) is 0 Å². The summed E-state index contributed by atoms with van der Waals surface area (Å²) in [7, 11) is 2.08. The summed E-state index contributed by atoms with van der Waals surface area (Å²) >= 11 is 6.16. The van der Waals surface area contributed by atoms with E-state index in [9.17, 15) is 5.11 Å². The fraction of sp³-hybridized carbons (Fsp3) is 0.333. The Balaban J connectivity index is 1.73. The molecule has 2 atom stereocenters. The first-order valence-electron chi connectivity index (χ1n) is 7.37. The van der Waals surface area contributed by atoms with Crippen molar-refractivity contribution in [2.24, 2.45) is 0 Å². The van der Waals surface area contributed by atoms with Gasteiger partial charge in [-0.2, -0.15) is 0 Å². The molecule has 1 aliphatic carbocycles. The minimum atomic E-state index is -0.559. The fourth-order valence-electron chi connectivity index (χ4n) is 3.24. The van der Waals surface area contributed by atoms with Crippen molar-refractivity contribution in [3.63, 3.8) is 0 Å². The molecule has 2 aromatic carbocycles. The van der Waals surface area contributed by atoms with Crippen LogP contribution in [0.4, 0.5) is 0 Å². The van der Waals surface area contributed by atoms with E-state index in [-0.39, 0.29) is 0 Å².